The minimum absolute atomic E-state index is 0.0784. The zero-order chi connectivity index (χ0) is 22.0. The topological polar surface area (TPSA) is 70.7 Å². The number of benzene rings is 1. The minimum Gasteiger partial charge on any atom is -0.443 e. The van der Waals surface area contributed by atoms with Crippen molar-refractivity contribution in [1.82, 2.24) is 15.5 Å². The van der Waals surface area contributed by atoms with Gasteiger partial charge in [-0.3, -0.25) is 9.69 Å². The molecule has 2 N–H and O–H groups in total. The molecule has 0 unspecified atom stereocenters. The number of cyclic esters (lactones) is 1. The van der Waals surface area contributed by atoms with E-state index in [0.717, 1.165) is 19.4 Å². The lowest BCUT2D eigenvalue weighted by Gasteiger charge is -2.46. The number of alkyl carbamates (subject to hydrolysis) is 1. The van der Waals surface area contributed by atoms with Crippen LogP contribution in [0.4, 0.5) is 4.79 Å². The average Bonchev–Trinajstić information content (AvgIpc) is 3.05. The van der Waals surface area contributed by atoms with Crippen LogP contribution in [0.15, 0.2) is 30.3 Å². The number of likely N-dealkylation sites (tertiary alicyclic amines) is 1. The number of hydrogen-bond acceptors (Lipinski definition) is 4. The van der Waals surface area contributed by atoms with Gasteiger partial charge in [-0.15, -0.1) is 0 Å². The molecule has 1 saturated carbocycles. The zero-order valence-electron chi connectivity index (χ0n) is 19.1. The van der Waals surface area contributed by atoms with Crippen LogP contribution in [0.25, 0.3) is 0 Å². The van der Waals surface area contributed by atoms with Crippen LogP contribution in [0.5, 0.6) is 0 Å². The molecular formula is C25H37N3O3. The molecule has 1 aromatic carbocycles. The summed E-state index contributed by atoms with van der Waals surface area (Å²) in [4.78, 5) is 27.6. The molecule has 5 atom stereocenters. The smallest absolute Gasteiger partial charge is 0.407 e. The molecule has 31 heavy (non-hydrogen) atoms. The number of rotatable bonds is 5. The summed E-state index contributed by atoms with van der Waals surface area (Å²) < 4.78 is 5.69. The molecule has 2 heterocycles. The molecule has 1 aliphatic carbocycles. The molecule has 3 aliphatic rings. The summed E-state index contributed by atoms with van der Waals surface area (Å²) in [5.74, 6) is 1.38. The van der Waals surface area contributed by atoms with Crippen LogP contribution in [0.1, 0.15) is 58.4 Å². The van der Waals surface area contributed by atoms with Gasteiger partial charge in [-0.05, 0) is 57.4 Å². The first-order valence-corrected chi connectivity index (χ1v) is 11.9. The Morgan fingerprint density at radius 2 is 1.87 bits per heavy atom. The van der Waals surface area contributed by atoms with Crippen molar-refractivity contribution >= 4 is 12.0 Å². The Hall–Kier alpha value is -2.08. The second-order valence-electron chi connectivity index (χ2n) is 10.6. The van der Waals surface area contributed by atoms with Crippen molar-refractivity contribution in [2.24, 2.45) is 11.8 Å². The zero-order valence-corrected chi connectivity index (χ0v) is 19.1. The predicted molar refractivity (Wildman–Crippen MR) is 121 cm³/mol. The van der Waals surface area contributed by atoms with Gasteiger partial charge in [0, 0.05) is 18.6 Å². The van der Waals surface area contributed by atoms with Crippen molar-refractivity contribution in [2.45, 2.75) is 83.0 Å². The number of fused-ring (bicyclic) bond motifs is 1. The second kappa shape index (κ2) is 9.19. The van der Waals surface area contributed by atoms with E-state index in [1.165, 1.54) is 31.2 Å². The summed E-state index contributed by atoms with van der Waals surface area (Å²) in [5.41, 5.74) is 0.917. The predicted octanol–water partition coefficient (Wildman–Crippen LogP) is 3.50. The monoisotopic (exact) mass is 427 g/mol. The Morgan fingerprint density at radius 1 is 1.16 bits per heavy atom. The third-order valence-corrected chi connectivity index (χ3v) is 7.03. The summed E-state index contributed by atoms with van der Waals surface area (Å²) in [7, 11) is 0. The van der Waals surface area contributed by atoms with Crippen LogP contribution in [-0.2, 0) is 16.0 Å². The first-order chi connectivity index (χ1) is 14.8. The van der Waals surface area contributed by atoms with Crippen LogP contribution in [0, 0.1) is 11.8 Å². The van der Waals surface area contributed by atoms with Crippen LogP contribution < -0.4 is 10.6 Å². The highest BCUT2D eigenvalue weighted by molar-refractivity contribution is 5.82. The van der Waals surface area contributed by atoms with Crippen LogP contribution in [-0.4, -0.2) is 53.7 Å². The molecule has 170 valence electrons. The van der Waals surface area contributed by atoms with E-state index < -0.39 is 0 Å². The normalized spacial score (nSPS) is 31.5. The molecule has 3 fully saturated rings. The maximum absolute atomic E-state index is 13.2. The van der Waals surface area contributed by atoms with Gasteiger partial charge < -0.3 is 15.4 Å². The van der Waals surface area contributed by atoms with E-state index in [9.17, 15) is 9.59 Å². The van der Waals surface area contributed by atoms with Crippen LogP contribution >= 0.6 is 0 Å². The van der Waals surface area contributed by atoms with E-state index in [4.69, 9.17) is 4.74 Å². The summed E-state index contributed by atoms with van der Waals surface area (Å²) in [6, 6.07) is 9.95. The number of ether oxygens (including phenoxy) is 1. The molecule has 0 aromatic heterocycles. The van der Waals surface area contributed by atoms with Crippen molar-refractivity contribution in [3.8, 4) is 0 Å². The highest BCUT2D eigenvalue weighted by atomic mass is 16.6. The van der Waals surface area contributed by atoms with Crippen molar-refractivity contribution in [3.05, 3.63) is 35.9 Å². The quantitative estimate of drug-likeness (QED) is 0.755. The van der Waals surface area contributed by atoms with Gasteiger partial charge in [0.1, 0.15) is 6.10 Å². The third-order valence-electron chi connectivity index (χ3n) is 7.03. The van der Waals surface area contributed by atoms with Gasteiger partial charge in [-0.2, -0.15) is 0 Å². The number of carbonyl (C=O) groups excluding carboxylic acids is 2. The van der Waals surface area contributed by atoms with Crippen molar-refractivity contribution < 1.29 is 14.3 Å². The van der Waals surface area contributed by atoms with E-state index in [1.54, 1.807) is 0 Å². The number of nitrogens with one attached hydrogen (secondary N) is 2. The second-order valence-corrected chi connectivity index (χ2v) is 10.6. The van der Waals surface area contributed by atoms with Gasteiger partial charge in [-0.25, -0.2) is 4.79 Å². The van der Waals surface area contributed by atoms with Gasteiger partial charge in [0.05, 0.1) is 12.1 Å². The number of nitrogens with zero attached hydrogens (tertiary/aromatic N) is 1. The lowest BCUT2D eigenvalue weighted by atomic mass is 9.72. The lowest BCUT2D eigenvalue weighted by molar-refractivity contribution is -0.132. The fourth-order valence-electron chi connectivity index (χ4n) is 5.57. The van der Waals surface area contributed by atoms with Gasteiger partial charge in [-0.1, -0.05) is 49.6 Å². The molecule has 2 amide bonds. The Balaban J connectivity index is 1.49. The molecular weight excluding hydrogens is 390 g/mol. The molecule has 0 spiro atoms. The summed E-state index contributed by atoms with van der Waals surface area (Å²) in [6.07, 6.45) is 6.06. The third kappa shape index (κ3) is 5.59. The number of hydrogen-bond donors (Lipinski definition) is 2. The van der Waals surface area contributed by atoms with Gasteiger partial charge >= 0.3 is 6.09 Å². The summed E-state index contributed by atoms with van der Waals surface area (Å²) >= 11 is 0. The Bertz CT molecular complexity index is 776. The van der Waals surface area contributed by atoms with E-state index in [-0.39, 0.29) is 35.7 Å². The Kier molecular flexibility index (Phi) is 6.56. The number of amides is 2. The summed E-state index contributed by atoms with van der Waals surface area (Å²) in [6.45, 7) is 7.60. The van der Waals surface area contributed by atoms with E-state index in [1.807, 2.05) is 39.0 Å². The SMILES string of the molecule is CC(C)(C)NC(=O)[C@@H]1C[C@@H]2CCCC[C@@H]2CN1C[C@H]1OC(=O)N[C@@H]1Cc1ccccc1. The first kappa shape index (κ1) is 22.1. The molecule has 6 heteroatoms. The lowest BCUT2D eigenvalue weighted by Crippen LogP contribution is -2.59. The first-order valence-electron chi connectivity index (χ1n) is 11.9. The highest BCUT2D eigenvalue weighted by Gasteiger charge is 2.44. The van der Waals surface area contributed by atoms with Crippen molar-refractivity contribution in [3.63, 3.8) is 0 Å². The van der Waals surface area contributed by atoms with Gasteiger partial charge in [0.15, 0.2) is 0 Å². The van der Waals surface area contributed by atoms with Crippen LogP contribution in [0.3, 0.4) is 0 Å². The average molecular weight is 428 g/mol. The Labute approximate surface area is 186 Å². The number of piperidine rings is 1. The highest BCUT2D eigenvalue weighted by Crippen LogP contribution is 2.39. The maximum Gasteiger partial charge on any atom is 0.407 e. The molecule has 1 aromatic rings. The number of carbonyl (C=O) groups is 2. The fourth-order valence-corrected chi connectivity index (χ4v) is 5.57. The maximum atomic E-state index is 13.2. The minimum atomic E-state index is -0.353. The van der Waals surface area contributed by atoms with E-state index >= 15 is 0 Å². The molecule has 2 saturated heterocycles. The standard InChI is InChI=1S/C25H37N3O3/c1-25(2,3)27-23(29)21-14-18-11-7-8-12-19(18)15-28(21)16-22-20(26-24(30)31-22)13-17-9-5-4-6-10-17/h4-6,9-10,18-22H,7-8,11-16H2,1-3H3,(H,26,30)(H,27,29)/t18-,19+,20+,21-,22+/m0/s1. The van der Waals surface area contributed by atoms with E-state index in [0.29, 0.717) is 18.4 Å². The summed E-state index contributed by atoms with van der Waals surface area (Å²) in [5, 5.41) is 6.19. The van der Waals surface area contributed by atoms with Crippen molar-refractivity contribution in [2.75, 3.05) is 13.1 Å². The molecule has 6 nitrogen and oxygen atoms in total. The fraction of sp³-hybridized carbons (Fsp3) is 0.680. The van der Waals surface area contributed by atoms with Gasteiger partial charge in [0.25, 0.3) is 0 Å². The largest absolute Gasteiger partial charge is 0.443 e. The Morgan fingerprint density at radius 3 is 2.58 bits per heavy atom. The molecule has 2 aliphatic heterocycles. The molecule has 4 rings (SSSR count). The van der Waals surface area contributed by atoms with Crippen molar-refractivity contribution in [1.29, 1.82) is 0 Å². The molecule has 0 bridgehead atoms. The molecule has 0 radical (unpaired) electrons. The van der Waals surface area contributed by atoms with Gasteiger partial charge in [0.2, 0.25) is 5.91 Å². The van der Waals surface area contributed by atoms with Crippen LogP contribution in [0.2, 0.25) is 0 Å². The van der Waals surface area contributed by atoms with E-state index in [2.05, 4.69) is 27.7 Å².